The van der Waals surface area contributed by atoms with E-state index in [2.05, 4.69) is 31.1 Å². The summed E-state index contributed by atoms with van der Waals surface area (Å²) in [5.41, 5.74) is 6.55. The molecule has 96 valence electrons. The number of rotatable bonds is 6. The number of anilines is 2. The predicted molar refractivity (Wildman–Crippen MR) is 72.4 cm³/mol. The summed E-state index contributed by atoms with van der Waals surface area (Å²) in [6.07, 6.45) is 2.29. The molecule has 1 atom stereocenters. The van der Waals surface area contributed by atoms with E-state index in [1.54, 1.807) is 13.2 Å². The summed E-state index contributed by atoms with van der Waals surface area (Å²) in [5, 5.41) is 3.37. The van der Waals surface area contributed by atoms with Crippen LogP contribution in [0, 0.1) is 5.92 Å². The zero-order valence-electron chi connectivity index (χ0n) is 11.2. The van der Waals surface area contributed by atoms with Gasteiger partial charge in [0, 0.05) is 12.1 Å². The van der Waals surface area contributed by atoms with Crippen LogP contribution >= 0.6 is 0 Å². The van der Waals surface area contributed by atoms with Crippen LogP contribution in [0.25, 0.3) is 0 Å². The molecule has 1 aromatic heterocycles. The van der Waals surface area contributed by atoms with Gasteiger partial charge in [0.25, 0.3) is 0 Å². The second-order valence-corrected chi connectivity index (χ2v) is 4.30. The normalized spacial score (nSPS) is 12.5. The van der Waals surface area contributed by atoms with Crippen molar-refractivity contribution >= 4 is 11.5 Å². The third kappa shape index (κ3) is 3.51. The fourth-order valence-corrected chi connectivity index (χ4v) is 2.01. The summed E-state index contributed by atoms with van der Waals surface area (Å²) >= 11 is 0. The number of nitrogen functional groups attached to an aromatic ring is 1. The summed E-state index contributed by atoms with van der Waals surface area (Å²) in [6, 6.07) is 3.93. The van der Waals surface area contributed by atoms with E-state index in [1.165, 1.54) is 0 Å². The molecular weight excluding hydrogens is 214 g/mol. The SMILES string of the molecule is CCC(CC)C(C)Nc1nc(OC)ccc1N. The number of pyridine rings is 1. The monoisotopic (exact) mass is 237 g/mol. The molecule has 0 bridgehead atoms. The van der Waals surface area contributed by atoms with Crippen molar-refractivity contribution in [1.82, 2.24) is 4.98 Å². The molecule has 1 aromatic rings. The molecule has 17 heavy (non-hydrogen) atoms. The second kappa shape index (κ2) is 6.33. The molecule has 0 saturated carbocycles. The average Bonchev–Trinajstić information content (AvgIpc) is 2.33. The maximum atomic E-state index is 5.89. The number of aromatic nitrogens is 1. The van der Waals surface area contributed by atoms with E-state index in [-0.39, 0.29) is 0 Å². The number of nitrogens with two attached hydrogens (primary N) is 1. The van der Waals surface area contributed by atoms with Crippen LogP contribution in [0.2, 0.25) is 0 Å². The van der Waals surface area contributed by atoms with Crippen molar-refractivity contribution in [2.24, 2.45) is 5.92 Å². The van der Waals surface area contributed by atoms with Crippen molar-refractivity contribution in [1.29, 1.82) is 0 Å². The average molecular weight is 237 g/mol. The first-order valence-electron chi connectivity index (χ1n) is 6.19. The first-order valence-corrected chi connectivity index (χ1v) is 6.19. The third-order valence-corrected chi connectivity index (χ3v) is 3.23. The molecule has 1 unspecified atom stereocenters. The van der Waals surface area contributed by atoms with Crippen molar-refractivity contribution in [2.45, 2.75) is 39.7 Å². The minimum Gasteiger partial charge on any atom is -0.481 e. The van der Waals surface area contributed by atoms with E-state index in [0.29, 0.717) is 29.3 Å². The fraction of sp³-hybridized carbons (Fsp3) is 0.615. The number of nitrogens with zero attached hydrogens (tertiary/aromatic N) is 1. The van der Waals surface area contributed by atoms with Gasteiger partial charge in [0.2, 0.25) is 5.88 Å². The summed E-state index contributed by atoms with van der Waals surface area (Å²) < 4.78 is 5.10. The quantitative estimate of drug-likeness (QED) is 0.798. The highest BCUT2D eigenvalue weighted by molar-refractivity contribution is 5.62. The number of hydrogen-bond acceptors (Lipinski definition) is 4. The molecule has 0 aliphatic rings. The number of hydrogen-bond donors (Lipinski definition) is 2. The van der Waals surface area contributed by atoms with Gasteiger partial charge in [0.1, 0.15) is 0 Å². The predicted octanol–water partition coefficient (Wildman–Crippen LogP) is 2.91. The van der Waals surface area contributed by atoms with Gasteiger partial charge in [-0.05, 0) is 18.9 Å². The largest absolute Gasteiger partial charge is 0.481 e. The molecule has 4 nitrogen and oxygen atoms in total. The molecule has 4 heteroatoms. The lowest BCUT2D eigenvalue weighted by atomic mass is 9.95. The summed E-state index contributed by atoms with van der Waals surface area (Å²) in [7, 11) is 1.60. The lowest BCUT2D eigenvalue weighted by Gasteiger charge is -2.23. The van der Waals surface area contributed by atoms with Crippen LogP contribution in [-0.4, -0.2) is 18.1 Å². The Kier molecular flexibility index (Phi) is 5.07. The maximum Gasteiger partial charge on any atom is 0.215 e. The van der Waals surface area contributed by atoms with E-state index in [0.717, 1.165) is 12.8 Å². The van der Waals surface area contributed by atoms with Gasteiger partial charge in [-0.3, -0.25) is 0 Å². The van der Waals surface area contributed by atoms with E-state index in [4.69, 9.17) is 10.5 Å². The van der Waals surface area contributed by atoms with E-state index in [1.807, 2.05) is 6.07 Å². The molecule has 0 aromatic carbocycles. The van der Waals surface area contributed by atoms with Crippen molar-refractivity contribution in [3.63, 3.8) is 0 Å². The van der Waals surface area contributed by atoms with Gasteiger partial charge in [-0.15, -0.1) is 0 Å². The van der Waals surface area contributed by atoms with Gasteiger partial charge in [-0.25, -0.2) is 0 Å². The lowest BCUT2D eigenvalue weighted by Crippen LogP contribution is -2.26. The topological polar surface area (TPSA) is 60.2 Å². The summed E-state index contributed by atoms with van der Waals surface area (Å²) in [4.78, 5) is 4.32. The minimum absolute atomic E-state index is 0.354. The third-order valence-electron chi connectivity index (χ3n) is 3.23. The van der Waals surface area contributed by atoms with E-state index in [9.17, 15) is 0 Å². The Morgan fingerprint density at radius 3 is 2.53 bits per heavy atom. The lowest BCUT2D eigenvalue weighted by molar-refractivity contribution is 0.397. The Morgan fingerprint density at radius 2 is 2.00 bits per heavy atom. The first-order chi connectivity index (χ1) is 8.12. The molecular formula is C13H23N3O. The standard InChI is InChI=1S/C13H23N3O/c1-5-10(6-2)9(3)15-13-11(14)7-8-12(16-13)17-4/h7-10H,5-6,14H2,1-4H3,(H,15,16). The zero-order chi connectivity index (χ0) is 12.8. The summed E-state index contributed by atoms with van der Waals surface area (Å²) in [5.74, 6) is 1.92. The Labute approximate surface area is 104 Å². The molecule has 0 fully saturated rings. The van der Waals surface area contributed by atoms with Gasteiger partial charge in [-0.2, -0.15) is 4.98 Å². The Bertz CT molecular complexity index is 351. The Hall–Kier alpha value is -1.45. The number of nitrogens with one attached hydrogen (secondary N) is 1. The highest BCUT2D eigenvalue weighted by Gasteiger charge is 2.15. The number of ether oxygens (including phenoxy) is 1. The first kappa shape index (κ1) is 13.6. The molecule has 0 saturated heterocycles. The van der Waals surface area contributed by atoms with Crippen molar-refractivity contribution in [3.05, 3.63) is 12.1 Å². The maximum absolute atomic E-state index is 5.89. The Morgan fingerprint density at radius 1 is 1.35 bits per heavy atom. The Balaban J connectivity index is 2.79. The van der Waals surface area contributed by atoms with Gasteiger partial charge in [-0.1, -0.05) is 26.7 Å². The van der Waals surface area contributed by atoms with Crippen LogP contribution in [0.4, 0.5) is 11.5 Å². The van der Waals surface area contributed by atoms with Gasteiger partial charge in [0.05, 0.1) is 12.8 Å². The van der Waals surface area contributed by atoms with Crippen LogP contribution < -0.4 is 15.8 Å². The van der Waals surface area contributed by atoms with Crippen molar-refractivity contribution < 1.29 is 4.74 Å². The molecule has 0 radical (unpaired) electrons. The summed E-state index contributed by atoms with van der Waals surface area (Å²) in [6.45, 7) is 6.57. The van der Waals surface area contributed by atoms with Gasteiger partial charge in [0.15, 0.2) is 5.82 Å². The minimum atomic E-state index is 0.354. The van der Waals surface area contributed by atoms with Crippen molar-refractivity contribution in [2.75, 3.05) is 18.2 Å². The van der Waals surface area contributed by atoms with E-state index < -0.39 is 0 Å². The number of methoxy groups -OCH3 is 1. The van der Waals surface area contributed by atoms with Crippen molar-refractivity contribution in [3.8, 4) is 5.88 Å². The molecule has 0 spiro atoms. The van der Waals surface area contributed by atoms with Crippen LogP contribution in [0.5, 0.6) is 5.88 Å². The van der Waals surface area contributed by atoms with Crippen LogP contribution in [0.1, 0.15) is 33.6 Å². The highest BCUT2D eigenvalue weighted by atomic mass is 16.5. The van der Waals surface area contributed by atoms with Crippen LogP contribution in [-0.2, 0) is 0 Å². The molecule has 0 aliphatic carbocycles. The smallest absolute Gasteiger partial charge is 0.215 e. The molecule has 1 rings (SSSR count). The highest BCUT2D eigenvalue weighted by Crippen LogP contribution is 2.23. The molecule has 3 N–H and O–H groups in total. The van der Waals surface area contributed by atoms with Crippen LogP contribution in [0.3, 0.4) is 0 Å². The fourth-order valence-electron chi connectivity index (χ4n) is 2.01. The van der Waals surface area contributed by atoms with Gasteiger partial charge < -0.3 is 15.8 Å². The van der Waals surface area contributed by atoms with Gasteiger partial charge >= 0.3 is 0 Å². The molecule has 1 heterocycles. The second-order valence-electron chi connectivity index (χ2n) is 4.30. The zero-order valence-corrected chi connectivity index (χ0v) is 11.2. The van der Waals surface area contributed by atoms with Crippen LogP contribution in [0.15, 0.2) is 12.1 Å². The van der Waals surface area contributed by atoms with E-state index >= 15 is 0 Å². The molecule has 0 amide bonds. The molecule has 0 aliphatic heterocycles.